The number of allylic oxidation sites excluding steroid dienone is 1. The highest BCUT2D eigenvalue weighted by molar-refractivity contribution is 6.08. The standard InChI is InChI=1S/C35H24N2O6/c38-31-19-24(32-26-11-2-1-8-22(26)15-16-30(32)43-31)20-42-35(39)33-27-12-3-4-14-29(27)36-34-23(9-6-13-28(33)34)17-21-7-5-10-25(18-21)37(40)41/h1-5,7-8,10-12,14-19H,6,9,13,20H2/b23-17-. The molecular weight excluding hydrogens is 544 g/mol. The van der Waals surface area contributed by atoms with Gasteiger partial charge in [0.15, 0.2) is 0 Å². The van der Waals surface area contributed by atoms with Gasteiger partial charge in [-0.1, -0.05) is 60.7 Å². The van der Waals surface area contributed by atoms with Crippen LogP contribution in [0, 0.1) is 10.1 Å². The van der Waals surface area contributed by atoms with Crippen molar-refractivity contribution in [1.82, 2.24) is 4.98 Å². The number of benzene rings is 4. The second-order valence-corrected chi connectivity index (χ2v) is 10.5. The smallest absolute Gasteiger partial charge is 0.339 e. The fourth-order valence-corrected chi connectivity index (χ4v) is 5.99. The molecule has 0 fully saturated rings. The Hall–Kier alpha value is -5.63. The summed E-state index contributed by atoms with van der Waals surface area (Å²) in [5, 5.41) is 14.6. The van der Waals surface area contributed by atoms with Crippen LogP contribution in [0.4, 0.5) is 5.69 Å². The molecule has 2 heterocycles. The topological polar surface area (TPSA) is 113 Å². The molecule has 7 rings (SSSR count). The number of hydrogen-bond acceptors (Lipinski definition) is 7. The molecule has 1 aliphatic rings. The summed E-state index contributed by atoms with van der Waals surface area (Å²) in [5.74, 6) is -0.506. The number of ether oxygens (including phenoxy) is 1. The lowest BCUT2D eigenvalue weighted by Crippen LogP contribution is -2.16. The third-order valence-electron chi connectivity index (χ3n) is 7.87. The van der Waals surface area contributed by atoms with Gasteiger partial charge in [-0.2, -0.15) is 0 Å². The number of para-hydroxylation sites is 1. The summed E-state index contributed by atoms with van der Waals surface area (Å²) >= 11 is 0. The summed E-state index contributed by atoms with van der Waals surface area (Å²) in [7, 11) is 0. The van der Waals surface area contributed by atoms with Crippen molar-refractivity contribution in [2.24, 2.45) is 0 Å². The van der Waals surface area contributed by atoms with Crippen LogP contribution in [0.1, 0.15) is 45.6 Å². The van der Waals surface area contributed by atoms with Crippen molar-refractivity contribution >= 4 is 56.0 Å². The van der Waals surface area contributed by atoms with Crippen LogP contribution in [0.25, 0.3) is 44.3 Å². The van der Waals surface area contributed by atoms with Crippen LogP contribution >= 0.6 is 0 Å². The molecule has 0 radical (unpaired) electrons. The maximum atomic E-state index is 13.9. The highest BCUT2D eigenvalue weighted by Gasteiger charge is 2.26. The lowest BCUT2D eigenvalue weighted by molar-refractivity contribution is -0.384. The molecule has 0 atom stereocenters. The fraction of sp³-hybridized carbons (Fsp3) is 0.114. The minimum atomic E-state index is -0.517. The van der Waals surface area contributed by atoms with Gasteiger partial charge in [0.05, 0.1) is 21.7 Å². The number of rotatable bonds is 5. The van der Waals surface area contributed by atoms with Gasteiger partial charge in [0, 0.05) is 34.5 Å². The summed E-state index contributed by atoms with van der Waals surface area (Å²) < 4.78 is 11.4. The Labute approximate surface area is 245 Å². The highest BCUT2D eigenvalue weighted by Crippen LogP contribution is 2.37. The molecule has 8 heteroatoms. The molecule has 0 bridgehead atoms. The van der Waals surface area contributed by atoms with E-state index in [1.807, 2.05) is 66.7 Å². The Morgan fingerprint density at radius 3 is 2.63 bits per heavy atom. The number of pyridine rings is 1. The predicted octanol–water partition coefficient (Wildman–Crippen LogP) is 7.64. The van der Waals surface area contributed by atoms with Crippen molar-refractivity contribution in [1.29, 1.82) is 0 Å². The zero-order valence-electron chi connectivity index (χ0n) is 22.9. The van der Waals surface area contributed by atoms with Crippen LogP contribution in [0.3, 0.4) is 0 Å². The van der Waals surface area contributed by atoms with E-state index >= 15 is 0 Å². The van der Waals surface area contributed by atoms with Gasteiger partial charge < -0.3 is 9.15 Å². The quantitative estimate of drug-likeness (QED) is 0.0690. The first-order valence-electron chi connectivity index (χ1n) is 13.9. The molecule has 1 aliphatic carbocycles. The van der Waals surface area contributed by atoms with Gasteiger partial charge in [-0.25, -0.2) is 14.6 Å². The molecule has 6 aromatic rings. The third-order valence-corrected chi connectivity index (χ3v) is 7.87. The molecule has 43 heavy (non-hydrogen) atoms. The Bertz CT molecular complexity index is 2200. The second-order valence-electron chi connectivity index (χ2n) is 10.5. The van der Waals surface area contributed by atoms with Crippen LogP contribution in [0.2, 0.25) is 0 Å². The molecule has 0 N–H and O–H groups in total. The van der Waals surface area contributed by atoms with E-state index < -0.39 is 16.5 Å². The lowest BCUT2D eigenvalue weighted by Gasteiger charge is -2.22. The van der Waals surface area contributed by atoms with Gasteiger partial charge >= 0.3 is 11.6 Å². The molecule has 0 amide bonds. The van der Waals surface area contributed by atoms with Crippen LogP contribution in [-0.4, -0.2) is 15.9 Å². The van der Waals surface area contributed by atoms with Gasteiger partial charge in [-0.3, -0.25) is 10.1 Å². The van der Waals surface area contributed by atoms with Gasteiger partial charge in [0.1, 0.15) is 12.2 Å². The second kappa shape index (κ2) is 10.6. The predicted molar refractivity (Wildman–Crippen MR) is 165 cm³/mol. The number of nitro benzene ring substituents is 1. The Morgan fingerprint density at radius 1 is 0.953 bits per heavy atom. The minimum absolute atomic E-state index is 0.0105. The number of hydrogen-bond donors (Lipinski definition) is 0. The van der Waals surface area contributed by atoms with Crippen molar-refractivity contribution in [3.05, 3.63) is 139 Å². The summed E-state index contributed by atoms with van der Waals surface area (Å²) in [6, 6.07) is 26.7. The van der Waals surface area contributed by atoms with Crippen molar-refractivity contribution in [3.8, 4) is 0 Å². The number of carbonyl (C=O) groups is 1. The number of carbonyl (C=O) groups excluding carboxylic acids is 1. The third kappa shape index (κ3) is 4.82. The summed E-state index contributed by atoms with van der Waals surface area (Å²) in [4.78, 5) is 42.2. The lowest BCUT2D eigenvalue weighted by atomic mass is 9.86. The molecule has 8 nitrogen and oxygen atoms in total. The summed E-state index contributed by atoms with van der Waals surface area (Å²) in [6.07, 6.45) is 4.04. The molecule has 0 spiro atoms. The van der Waals surface area contributed by atoms with E-state index in [-0.39, 0.29) is 12.3 Å². The van der Waals surface area contributed by atoms with Gasteiger partial charge in [0.2, 0.25) is 0 Å². The van der Waals surface area contributed by atoms with E-state index in [9.17, 15) is 19.7 Å². The van der Waals surface area contributed by atoms with Crippen molar-refractivity contribution in [2.45, 2.75) is 25.9 Å². The molecular formula is C35H24N2O6. The molecule has 0 unspecified atom stereocenters. The normalized spacial score (nSPS) is 13.8. The molecule has 4 aromatic carbocycles. The molecule has 2 aromatic heterocycles. The van der Waals surface area contributed by atoms with Gasteiger partial charge in [0.25, 0.3) is 5.69 Å². The monoisotopic (exact) mass is 568 g/mol. The number of aromatic nitrogens is 1. The SMILES string of the molecule is O=C(OCc1cc(=O)oc2ccc3ccccc3c12)c1c2c(nc3ccccc13)/C(=C\c1cccc([N+](=O)[O-])c1)CCC2. The van der Waals surface area contributed by atoms with Crippen LogP contribution in [0.5, 0.6) is 0 Å². The maximum Gasteiger partial charge on any atom is 0.339 e. The van der Waals surface area contributed by atoms with Gasteiger partial charge in [-0.05, 0) is 64.9 Å². The van der Waals surface area contributed by atoms with Crippen LogP contribution in [-0.2, 0) is 17.8 Å². The van der Waals surface area contributed by atoms with E-state index in [2.05, 4.69) is 0 Å². The average Bonchev–Trinajstić information content (AvgIpc) is 3.02. The van der Waals surface area contributed by atoms with E-state index in [0.29, 0.717) is 51.7 Å². The van der Waals surface area contributed by atoms with Crippen molar-refractivity contribution < 1.29 is 18.9 Å². The van der Waals surface area contributed by atoms with Gasteiger partial charge in [-0.15, -0.1) is 0 Å². The van der Waals surface area contributed by atoms with E-state index in [4.69, 9.17) is 14.1 Å². The average molecular weight is 569 g/mol. The first-order chi connectivity index (χ1) is 21.0. The summed E-state index contributed by atoms with van der Waals surface area (Å²) in [5.41, 5.74) is 4.66. The largest absolute Gasteiger partial charge is 0.457 e. The number of nitro groups is 1. The molecule has 0 saturated heterocycles. The fourth-order valence-electron chi connectivity index (χ4n) is 5.99. The van der Waals surface area contributed by atoms with Crippen molar-refractivity contribution in [2.75, 3.05) is 0 Å². The summed E-state index contributed by atoms with van der Waals surface area (Å²) in [6.45, 7) is -0.114. The van der Waals surface area contributed by atoms with E-state index in [0.717, 1.165) is 33.7 Å². The number of fused-ring (bicyclic) bond motifs is 5. The number of non-ortho nitro benzene ring substituents is 1. The van der Waals surface area contributed by atoms with Crippen LogP contribution < -0.4 is 5.63 Å². The minimum Gasteiger partial charge on any atom is -0.457 e. The number of nitrogens with zero attached hydrogens (tertiary/aromatic N) is 2. The number of esters is 1. The van der Waals surface area contributed by atoms with Crippen LogP contribution in [0.15, 0.2) is 100 Å². The first kappa shape index (κ1) is 26.3. The first-order valence-corrected chi connectivity index (χ1v) is 13.9. The Kier molecular flexibility index (Phi) is 6.51. The molecule has 0 aliphatic heterocycles. The maximum absolute atomic E-state index is 13.9. The van der Waals surface area contributed by atoms with E-state index in [1.165, 1.54) is 18.2 Å². The highest BCUT2D eigenvalue weighted by atomic mass is 16.6. The van der Waals surface area contributed by atoms with Crippen molar-refractivity contribution in [3.63, 3.8) is 0 Å². The zero-order chi connectivity index (χ0) is 29.5. The Balaban J connectivity index is 1.31. The molecule has 210 valence electrons. The Morgan fingerprint density at radius 2 is 1.77 bits per heavy atom. The zero-order valence-corrected chi connectivity index (χ0v) is 22.9. The molecule has 0 saturated carbocycles. The van der Waals surface area contributed by atoms with E-state index in [1.54, 1.807) is 12.1 Å².